The Balaban J connectivity index is 2.06. The molecule has 2 N–H and O–H groups in total. The zero-order chi connectivity index (χ0) is 11.4. The summed E-state index contributed by atoms with van der Waals surface area (Å²) in [5.74, 6) is 1.76. The molecule has 2 unspecified atom stereocenters. The van der Waals surface area contributed by atoms with Gasteiger partial charge in [-0.15, -0.1) is 0 Å². The second-order valence-corrected chi connectivity index (χ2v) is 6.21. The van der Waals surface area contributed by atoms with Gasteiger partial charge in [0.2, 0.25) is 0 Å². The maximum atomic E-state index is 6.80. The topological polar surface area (TPSA) is 26.0 Å². The van der Waals surface area contributed by atoms with Gasteiger partial charge in [-0.2, -0.15) is 0 Å². The molecule has 0 bridgehead atoms. The predicted molar refractivity (Wildman–Crippen MR) is 70.4 cm³/mol. The lowest BCUT2D eigenvalue weighted by Crippen LogP contribution is -2.50. The van der Waals surface area contributed by atoms with Crippen LogP contribution in [0.4, 0.5) is 0 Å². The lowest BCUT2D eigenvalue weighted by molar-refractivity contribution is 0.114. The smallest absolute Gasteiger partial charge is 0.0185 e. The summed E-state index contributed by atoms with van der Waals surface area (Å²) in [6.07, 6.45) is 15.3. The standard InChI is InChI=1S/C15H29N/c1-2-13-9-5-6-10-14(13)15(16)11-7-3-4-8-12-15/h13-14H,2-12,16H2,1H3. The van der Waals surface area contributed by atoms with E-state index in [2.05, 4.69) is 6.92 Å². The SMILES string of the molecule is CCC1CCCCC1C1(N)CCCCCC1. The number of rotatable bonds is 2. The van der Waals surface area contributed by atoms with Crippen LogP contribution in [0, 0.1) is 11.8 Å². The van der Waals surface area contributed by atoms with Crippen molar-refractivity contribution >= 4 is 0 Å². The van der Waals surface area contributed by atoms with Gasteiger partial charge in [0.25, 0.3) is 0 Å². The average molecular weight is 223 g/mol. The Hall–Kier alpha value is -0.0400. The highest BCUT2D eigenvalue weighted by atomic mass is 14.8. The molecule has 16 heavy (non-hydrogen) atoms. The van der Waals surface area contributed by atoms with E-state index in [0.717, 1.165) is 11.8 Å². The Morgan fingerprint density at radius 2 is 1.56 bits per heavy atom. The Kier molecular flexibility index (Phi) is 4.29. The molecule has 0 radical (unpaired) electrons. The van der Waals surface area contributed by atoms with Crippen molar-refractivity contribution in [1.82, 2.24) is 0 Å². The van der Waals surface area contributed by atoms with Crippen LogP contribution in [0.25, 0.3) is 0 Å². The van der Waals surface area contributed by atoms with Gasteiger partial charge in [0.1, 0.15) is 0 Å². The summed E-state index contributed by atoms with van der Waals surface area (Å²) in [5.41, 5.74) is 7.01. The van der Waals surface area contributed by atoms with Gasteiger partial charge in [-0.05, 0) is 31.1 Å². The molecule has 0 heterocycles. The molecule has 0 spiro atoms. The minimum absolute atomic E-state index is 0.206. The van der Waals surface area contributed by atoms with E-state index in [1.807, 2.05) is 0 Å². The average Bonchev–Trinajstić information content (AvgIpc) is 2.55. The van der Waals surface area contributed by atoms with E-state index in [9.17, 15) is 0 Å². The first kappa shape index (κ1) is 12.4. The van der Waals surface area contributed by atoms with Crippen molar-refractivity contribution in [1.29, 1.82) is 0 Å². The summed E-state index contributed by atoms with van der Waals surface area (Å²) in [5, 5.41) is 0. The van der Waals surface area contributed by atoms with Gasteiger partial charge < -0.3 is 5.73 Å². The summed E-state index contributed by atoms with van der Waals surface area (Å²) >= 11 is 0. The Morgan fingerprint density at radius 1 is 0.938 bits per heavy atom. The van der Waals surface area contributed by atoms with Crippen LogP contribution in [0.15, 0.2) is 0 Å². The molecule has 2 atom stereocenters. The van der Waals surface area contributed by atoms with Crippen LogP contribution in [0.1, 0.15) is 77.6 Å². The molecule has 0 aromatic rings. The summed E-state index contributed by atoms with van der Waals surface area (Å²) in [7, 11) is 0. The number of hydrogen-bond acceptors (Lipinski definition) is 1. The third-order valence-electron chi connectivity index (χ3n) is 5.21. The largest absolute Gasteiger partial charge is 0.325 e. The van der Waals surface area contributed by atoms with E-state index >= 15 is 0 Å². The van der Waals surface area contributed by atoms with E-state index < -0.39 is 0 Å². The van der Waals surface area contributed by atoms with E-state index in [1.165, 1.54) is 70.6 Å². The van der Waals surface area contributed by atoms with Gasteiger partial charge in [-0.1, -0.05) is 58.3 Å². The fourth-order valence-electron chi connectivity index (χ4n) is 4.21. The summed E-state index contributed by atoms with van der Waals surface area (Å²) in [6.45, 7) is 2.36. The molecule has 2 aliphatic rings. The molecule has 1 nitrogen and oxygen atoms in total. The minimum atomic E-state index is 0.206. The van der Waals surface area contributed by atoms with Crippen molar-refractivity contribution < 1.29 is 0 Å². The van der Waals surface area contributed by atoms with Crippen LogP contribution in [0.5, 0.6) is 0 Å². The van der Waals surface area contributed by atoms with E-state index in [4.69, 9.17) is 5.73 Å². The van der Waals surface area contributed by atoms with Crippen molar-refractivity contribution in [3.05, 3.63) is 0 Å². The Labute approximate surface area is 101 Å². The van der Waals surface area contributed by atoms with Crippen molar-refractivity contribution in [2.24, 2.45) is 17.6 Å². The first-order valence-electron chi connectivity index (χ1n) is 7.55. The maximum Gasteiger partial charge on any atom is 0.0185 e. The number of nitrogens with two attached hydrogens (primary N) is 1. The van der Waals surface area contributed by atoms with Crippen LogP contribution in [-0.4, -0.2) is 5.54 Å². The molecular weight excluding hydrogens is 194 g/mol. The fraction of sp³-hybridized carbons (Fsp3) is 1.00. The third-order valence-corrected chi connectivity index (χ3v) is 5.21. The second-order valence-electron chi connectivity index (χ2n) is 6.21. The molecule has 0 aromatic heterocycles. The highest BCUT2D eigenvalue weighted by Crippen LogP contribution is 2.43. The first-order valence-corrected chi connectivity index (χ1v) is 7.55. The third kappa shape index (κ3) is 2.61. The molecule has 0 aliphatic heterocycles. The van der Waals surface area contributed by atoms with E-state index in [-0.39, 0.29) is 5.54 Å². The van der Waals surface area contributed by atoms with E-state index in [1.54, 1.807) is 0 Å². The quantitative estimate of drug-likeness (QED) is 0.696. The molecule has 94 valence electrons. The lowest BCUT2D eigenvalue weighted by atomic mass is 9.65. The first-order chi connectivity index (χ1) is 7.76. The highest BCUT2D eigenvalue weighted by molar-refractivity contribution is 4.96. The minimum Gasteiger partial charge on any atom is -0.325 e. The summed E-state index contributed by atoms with van der Waals surface area (Å²) < 4.78 is 0. The van der Waals surface area contributed by atoms with Crippen molar-refractivity contribution in [3.63, 3.8) is 0 Å². The van der Waals surface area contributed by atoms with Gasteiger partial charge >= 0.3 is 0 Å². The molecule has 2 rings (SSSR count). The van der Waals surface area contributed by atoms with Gasteiger partial charge in [0, 0.05) is 5.54 Å². The van der Waals surface area contributed by atoms with Crippen molar-refractivity contribution in [2.75, 3.05) is 0 Å². The molecule has 0 amide bonds. The summed E-state index contributed by atoms with van der Waals surface area (Å²) in [6, 6.07) is 0. The molecule has 0 saturated heterocycles. The fourth-order valence-corrected chi connectivity index (χ4v) is 4.21. The second kappa shape index (κ2) is 5.53. The summed E-state index contributed by atoms with van der Waals surface area (Å²) in [4.78, 5) is 0. The highest BCUT2D eigenvalue weighted by Gasteiger charge is 2.39. The van der Waals surface area contributed by atoms with Crippen molar-refractivity contribution in [2.45, 2.75) is 83.1 Å². The van der Waals surface area contributed by atoms with Gasteiger partial charge in [-0.25, -0.2) is 0 Å². The Morgan fingerprint density at radius 3 is 2.19 bits per heavy atom. The van der Waals surface area contributed by atoms with Crippen molar-refractivity contribution in [3.8, 4) is 0 Å². The maximum absolute atomic E-state index is 6.80. The van der Waals surface area contributed by atoms with Crippen LogP contribution in [0.3, 0.4) is 0 Å². The molecule has 2 fully saturated rings. The van der Waals surface area contributed by atoms with Crippen LogP contribution in [0.2, 0.25) is 0 Å². The zero-order valence-corrected chi connectivity index (χ0v) is 11.0. The Bertz CT molecular complexity index is 203. The van der Waals surface area contributed by atoms with Crippen LogP contribution in [-0.2, 0) is 0 Å². The molecule has 0 aromatic carbocycles. The molecule has 2 saturated carbocycles. The van der Waals surface area contributed by atoms with Crippen LogP contribution < -0.4 is 5.73 Å². The predicted octanol–water partition coefficient (Wildman–Crippen LogP) is 4.25. The van der Waals surface area contributed by atoms with Crippen LogP contribution >= 0.6 is 0 Å². The monoisotopic (exact) mass is 223 g/mol. The van der Waals surface area contributed by atoms with E-state index in [0.29, 0.717) is 0 Å². The van der Waals surface area contributed by atoms with Gasteiger partial charge in [0.15, 0.2) is 0 Å². The molecule has 2 aliphatic carbocycles. The van der Waals surface area contributed by atoms with Gasteiger partial charge in [-0.3, -0.25) is 0 Å². The molecular formula is C15H29N. The lowest BCUT2D eigenvalue weighted by Gasteiger charge is -2.44. The molecule has 1 heteroatoms. The van der Waals surface area contributed by atoms with Gasteiger partial charge in [0.05, 0.1) is 0 Å². The number of hydrogen-bond donors (Lipinski definition) is 1. The zero-order valence-electron chi connectivity index (χ0n) is 11.0. The normalized spacial score (nSPS) is 35.6.